The number of carbonyl (C=O) groups excluding carboxylic acids is 1. The summed E-state index contributed by atoms with van der Waals surface area (Å²) in [5.74, 6) is -0.473. The highest BCUT2D eigenvalue weighted by Crippen LogP contribution is 2.48. The molecule has 2 nitrogen and oxygen atoms in total. The number of allylic oxidation sites excluding steroid dienone is 4. The first kappa shape index (κ1) is 28.7. The van der Waals surface area contributed by atoms with E-state index in [1.54, 1.807) is 0 Å². The molecule has 0 aliphatic carbocycles. The Kier molecular flexibility index (Phi) is 15.8. The van der Waals surface area contributed by atoms with E-state index >= 15 is 0 Å². The SMILES string of the molecule is CCCCC/C=C\C/C=C\CCCCCCCC(=O)Oc1c(Cl)c(Cl)c(Cl)c(Cl)c1Cl. The minimum absolute atomic E-state index is 0.0116. The summed E-state index contributed by atoms with van der Waals surface area (Å²) in [6, 6.07) is 0. The Bertz CT molecular complexity index is 715. The van der Waals surface area contributed by atoms with Crippen LogP contribution in [0.4, 0.5) is 0 Å². The molecule has 0 N–H and O–H groups in total. The van der Waals surface area contributed by atoms with Gasteiger partial charge in [-0.05, 0) is 38.5 Å². The molecule has 1 rings (SSSR count). The van der Waals surface area contributed by atoms with Crippen LogP contribution in [0.2, 0.25) is 25.1 Å². The second kappa shape index (κ2) is 17.1. The molecule has 0 aromatic heterocycles. The summed E-state index contributed by atoms with van der Waals surface area (Å²) < 4.78 is 5.27. The van der Waals surface area contributed by atoms with Crippen molar-refractivity contribution in [2.75, 3.05) is 0 Å². The molecule has 0 atom stereocenters. The van der Waals surface area contributed by atoms with Crippen LogP contribution < -0.4 is 4.74 Å². The molecular formula is C24H31Cl5O2. The molecule has 0 saturated heterocycles. The maximum Gasteiger partial charge on any atom is 0.311 e. The number of halogens is 5. The number of hydrogen-bond acceptors (Lipinski definition) is 2. The summed E-state index contributed by atoms with van der Waals surface area (Å²) >= 11 is 30.0. The largest absolute Gasteiger partial charge is 0.423 e. The first-order chi connectivity index (χ1) is 14.9. The molecule has 0 unspecified atom stereocenters. The lowest BCUT2D eigenvalue weighted by atomic mass is 10.1. The van der Waals surface area contributed by atoms with E-state index in [9.17, 15) is 4.79 Å². The Morgan fingerprint density at radius 2 is 1.16 bits per heavy atom. The molecule has 0 spiro atoms. The third-order valence-electron chi connectivity index (χ3n) is 4.72. The molecular weight excluding hydrogens is 498 g/mol. The number of esters is 1. The Morgan fingerprint density at radius 1 is 0.677 bits per heavy atom. The van der Waals surface area contributed by atoms with Crippen molar-refractivity contribution in [3.63, 3.8) is 0 Å². The minimum atomic E-state index is -0.427. The van der Waals surface area contributed by atoms with Gasteiger partial charge in [0.25, 0.3) is 0 Å². The molecule has 0 heterocycles. The summed E-state index contributed by atoms with van der Waals surface area (Å²) in [5.41, 5.74) is 0. The number of unbranched alkanes of at least 4 members (excludes halogenated alkanes) is 8. The van der Waals surface area contributed by atoms with Crippen LogP contribution in [-0.2, 0) is 4.79 Å². The predicted molar refractivity (Wildman–Crippen MR) is 136 cm³/mol. The van der Waals surface area contributed by atoms with Gasteiger partial charge in [-0.2, -0.15) is 0 Å². The van der Waals surface area contributed by atoms with Crippen LogP contribution in [0.1, 0.15) is 84.0 Å². The first-order valence-corrected chi connectivity index (χ1v) is 12.8. The quantitative estimate of drug-likeness (QED) is 0.0565. The van der Waals surface area contributed by atoms with E-state index in [-0.39, 0.29) is 37.3 Å². The molecule has 174 valence electrons. The molecule has 1 aromatic rings. The number of hydrogen-bond donors (Lipinski definition) is 0. The molecule has 1 aromatic carbocycles. The smallest absolute Gasteiger partial charge is 0.311 e. The Hall–Kier alpha value is -0.380. The number of benzene rings is 1. The van der Waals surface area contributed by atoms with Gasteiger partial charge in [0.15, 0.2) is 5.75 Å². The number of rotatable bonds is 15. The molecule has 0 aliphatic heterocycles. The molecule has 0 saturated carbocycles. The second-order valence-corrected chi connectivity index (χ2v) is 9.24. The van der Waals surface area contributed by atoms with Crippen LogP contribution in [0.25, 0.3) is 0 Å². The second-order valence-electron chi connectivity index (χ2n) is 7.35. The fourth-order valence-electron chi connectivity index (χ4n) is 2.92. The lowest BCUT2D eigenvalue weighted by molar-refractivity contribution is -0.134. The Labute approximate surface area is 211 Å². The van der Waals surface area contributed by atoms with E-state index in [4.69, 9.17) is 62.7 Å². The van der Waals surface area contributed by atoms with Gasteiger partial charge in [-0.1, -0.05) is 121 Å². The average molecular weight is 529 g/mol. The minimum Gasteiger partial charge on any atom is -0.423 e. The summed E-state index contributed by atoms with van der Waals surface area (Å²) in [7, 11) is 0. The van der Waals surface area contributed by atoms with Crippen molar-refractivity contribution >= 4 is 64.0 Å². The van der Waals surface area contributed by atoms with Gasteiger partial charge < -0.3 is 4.74 Å². The highest BCUT2D eigenvalue weighted by molar-refractivity contribution is 6.55. The van der Waals surface area contributed by atoms with Gasteiger partial charge in [0.2, 0.25) is 0 Å². The first-order valence-electron chi connectivity index (χ1n) is 10.9. The van der Waals surface area contributed by atoms with Gasteiger partial charge in [0.05, 0.1) is 15.1 Å². The molecule has 0 bridgehead atoms. The molecule has 0 fully saturated rings. The van der Waals surface area contributed by atoms with E-state index in [1.165, 1.54) is 25.7 Å². The zero-order valence-corrected chi connectivity index (χ0v) is 21.8. The summed E-state index contributed by atoms with van der Waals surface area (Å²) in [6.45, 7) is 2.23. The molecule has 0 amide bonds. The van der Waals surface area contributed by atoms with Crippen LogP contribution >= 0.6 is 58.0 Å². The third-order valence-corrected chi connectivity index (χ3v) is 6.96. The van der Waals surface area contributed by atoms with E-state index in [0.717, 1.165) is 44.9 Å². The average Bonchev–Trinajstić information content (AvgIpc) is 2.76. The summed E-state index contributed by atoms with van der Waals surface area (Å²) in [5, 5.41) is 0.0194. The van der Waals surface area contributed by atoms with Crippen LogP contribution in [0.3, 0.4) is 0 Å². The van der Waals surface area contributed by atoms with Crippen molar-refractivity contribution in [1.29, 1.82) is 0 Å². The normalized spacial score (nSPS) is 11.7. The zero-order chi connectivity index (χ0) is 23.1. The van der Waals surface area contributed by atoms with Crippen molar-refractivity contribution in [2.45, 2.75) is 84.0 Å². The van der Waals surface area contributed by atoms with Crippen molar-refractivity contribution in [2.24, 2.45) is 0 Å². The van der Waals surface area contributed by atoms with Crippen molar-refractivity contribution in [1.82, 2.24) is 0 Å². The van der Waals surface area contributed by atoms with Gasteiger partial charge in [-0.25, -0.2) is 0 Å². The fourth-order valence-corrected chi connectivity index (χ4v) is 4.12. The van der Waals surface area contributed by atoms with Crippen LogP contribution in [0, 0.1) is 0 Å². The van der Waals surface area contributed by atoms with E-state index in [2.05, 4.69) is 31.2 Å². The van der Waals surface area contributed by atoms with Gasteiger partial charge >= 0.3 is 5.97 Å². The van der Waals surface area contributed by atoms with Crippen LogP contribution in [0.5, 0.6) is 5.75 Å². The van der Waals surface area contributed by atoms with E-state index in [0.29, 0.717) is 0 Å². The van der Waals surface area contributed by atoms with E-state index < -0.39 is 5.97 Å². The standard InChI is InChI=1S/C24H31Cl5O2/c1-2-3-4-5-6-7-8-9-10-11-12-13-14-15-16-17-18(30)31-24-22(28)20(26)19(25)21(27)23(24)29/h6-7,9-10H,2-5,8,11-17H2,1H3/b7-6-,10-9-. The van der Waals surface area contributed by atoms with Crippen LogP contribution in [-0.4, -0.2) is 5.97 Å². The lowest BCUT2D eigenvalue weighted by Gasteiger charge is -2.12. The van der Waals surface area contributed by atoms with Gasteiger partial charge in [0, 0.05) is 6.42 Å². The topological polar surface area (TPSA) is 26.3 Å². The Balaban J connectivity index is 2.14. The van der Waals surface area contributed by atoms with Crippen LogP contribution in [0.15, 0.2) is 24.3 Å². The summed E-state index contributed by atoms with van der Waals surface area (Å²) in [6.07, 6.45) is 21.6. The third kappa shape index (κ3) is 11.3. The zero-order valence-electron chi connectivity index (χ0n) is 18.0. The fraction of sp³-hybridized carbons (Fsp3) is 0.542. The van der Waals surface area contributed by atoms with Gasteiger partial charge in [-0.3, -0.25) is 4.79 Å². The van der Waals surface area contributed by atoms with E-state index in [1.807, 2.05) is 0 Å². The number of ether oxygens (including phenoxy) is 1. The Morgan fingerprint density at radius 3 is 1.74 bits per heavy atom. The maximum atomic E-state index is 12.1. The summed E-state index contributed by atoms with van der Waals surface area (Å²) in [4.78, 5) is 12.1. The highest BCUT2D eigenvalue weighted by atomic mass is 35.5. The van der Waals surface area contributed by atoms with Crippen molar-refractivity contribution < 1.29 is 9.53 Å². The predicted octanol–water partition coefficient (Wildman–Crippen LogP) is 10.7. The van der Waals surface area contributed by atoms with Crippen molar-refractivity contribution in [3.05, 3.63) is 49.4 Å². The molecule has 0 radical (unpaired) electrons. The van der Waals surface area contributed by atoms with Gasteiger partial charge in [0.1, 0.15) is 10.0 Å². The van der Waals surface area contributed by atoms with Gasteiger partial charge in [-0.15, -0.1) is 0 Å². The lowest BCUT2D eigenvalue weighted by Crippen LogP contribution is -2.08. The number of carbonyl (C=O) groups is 1. The molecule has 7 heteroatoms. The van der Waals surface area contributed by atoms with Crippen molar-refractivity contribution in [3.8, 4) is 5.75 Å². The maximum absolute atomic E-state index is 12.1. The highest BCUT2D eigenvalue weighted by Gasteiger charge is 2.22. The molecule has 0 aliphatic rings. The molecule has 31 heavy (non-hydrogen) atoms. The monoisotopic (exact) mass is 526 g/mol.